The number of ether oxygens (including phenoxy) is 1. The van der Waals surface area contributed by atoms with E-state index in [0.717, 1.165) is 0 Å². The van der Waals surface area contributed by atoms with Gasteiger partial charge in [-0.2, -0.15) is 0 Å². The van der Waals surface area contributed by atoms with Crippen molar-refractivity contribution in [3.05, 3.63) is 48.4 Å². The van der Waals surface area contributed by atoms with Crippen molar-refractivity contribution in [1.29, 1.82) is 0 Å². The Labute approximate surface area is 141 Å². The van der Waals surface area contributed by atoms with Crippen molar-refractivity contribution in [2.45, 2.75) is 32.4 Å². The molecule has 6 heteroatoms. The number of para-hydroxylation sites is 2. The van der Waals surface area contributed by atoms with Gasteiger partial charge in [0.1, 0.15) is 25.0 Å². The van der Waals surface area contributed by atoms with Gasteiger partial charge in [0.15, 0.2) is 5.76 Å². The van der Waals surface area contributed by atoms with E-state index in [9.17, 15) is 9.90 Å². The minimum absolute atomic E-state index is 0.0515. The second-order valence-corrected chi connectivity index (χ2v) is 6.70. The summed E-state index contributed by atoms with van der Waals surface area (Å²) in [6.07, 6.45) is 0.845. The van der Waals surface area contributed by atoms with Gasteiger partial charge in [0.25, 0.3) is 5.91 Å². The van der Waals surface area contributed by atoms with Crippen LogP contribution in [0.2, 0.25) is 0 Å². The van der Waals surface area contributed by atoms with Crippen molar-refractivity contribution in [2.75, 3.05) is 18.5 Å². The minimum atomic E-state index is -0.599. The first kappa shape index (κ1) is 18.0. The summed E-state index contributed by atoms with van der Waals surface area (Å²) in [6.45, 7) is 6.95. The molecule has 6 nitrogen and oxygen atoms in total. The number of carbonyl (C=O) groups is 1. The zero-order valence-corrected chi connectivity index (χ0v) is 14.3. The lowest BCUT2D eigenvalue weighted by molar-refractivity contribution is -0.722. The number of furan rings is 1. The minimum Gasteiger partial charge on any atom is -0.488 e. The molecule has 0 fully saturated rings. The molecule has 1 aromatic heterocycles. The second kappa shape index (κ2) is 7.99. The lowest BCUT2D eigenvalue weighted by Crippen LogP contribution is -2.96. The lowest BCUT2D eigenvalue weighted by atomic mass is 10.1. The van der Waals surface area contributed by atoms with E-state index in [1.807, 2.05) is 6.07 Å². The Kier molecular flexibility index (Phi) is 6.00. The first-order chi connectivity index (χ1) is 11.3. The number of anilines is 1. The van der Waals surface area contributed by atoms with Crippen molar-refractivity contribution in [3.63, 3.8) is 0 Å². The van der Waals surface area contributed by atoms with Gasteiger partial charge in [-0.25, -0.2) is 0 Å². The van der Waals surface area contributed by atoms with Crippen LogP contribution in [0.25, 0.3) is 0 Å². The van der Waals surface area contributed by atoms with Crippen LogP contribution in [0.15, 0.2) is 47.1 Å². The molecular weight excluding hydrogens is 308 g/mol. The van der Waals surface area contributed by atoms with Crippen molar-refractivity contribution < 1.29 is 24.4 Å². The molecule has 2 rings (SSSR count). The van der Waals surface area contributed by atoms with E-state index in [1.54, 1.807) is 30.3 Å². The predicted molar refractivity (Wildman–Crippen MR) is 91.2 cm³/mol. The van der Waals surface area contributed by atoms with Crippen LogP contribution in [0.1, 0.15) is 31.3 Å². The highest BCUT2D eigenvalue weighted by Gasteiger charge is 2.17. The molecule has 0 bridgehead atoms. The summed E-state index contributed by atoms with van der Waals surface area (Å²) < 4.78 is 10.7. The molecule has 0 saturated carbocycles. The van der Waals surface area contributed by atoms with Crippen molar-refractivity contribution >= 4 is 11.6 Å². The first-order valence-electron chi connectivity index (χ1n) is 7.94. The number of rotatable bonds is 7. The summed E-state index contributed by atoms with van der Waals surface area (Å²) in [4.78, 5) is 12.1. The van der Waals surface area contributed by atoms with Gasteiger partial charge in [0, 0.05) is 0 Å². The van der Waals surface area contributed by atoms with E-state index in [0.29, 0.717) is 18.0 Å². The molecular formula is C18H25N2O4+. The van der Waals surface area contributed by atoms with Gasteiger partial charge in [-0.15, -0.1) is 0 Å². The van der Waals surface area contributed by atoms with Crippen LogP contribution in [0, 0.1) is 0 Å². The topological polar surface area (TPSA) is 88.3 Å². The quantitative estimate of drug-likeness (QED) is 0.719. The Morgan fingerprint density at radius 1 is 1.29 bits per heavy atom. The van der Waals surface area contributed by atoms with Crippen LogP contribution in [0.3, 0.4) is 0 Å². The van der Waals surface area contributed by atoms with Crippen molar-refractivity contribution in [1.82, 2.24) is 0 Å². The maximum absolute atomic E-state index is 12.1. The molecule has 0 saturated heterocycles. The number of nitrogens with one attached hydrogen (secondary N) is 1. The molecule has 0 aliphatic rings. The van der Waals surface area contributed by atoms with Crippen molar-refractivity contribution in [3.8, 4) is 5.75 Å². The van der Waals surface area contributed by atoms with Gasteiger partial charge in [-0.3, -0.25) is 4.79 Å². The van der Waals surface area contributed by atoms with Crippen LogP contribution in [-0.2, 0) is 0 Å². The van der Waals surface area contributed by atoms with E-state index in [4.69, 9.17) is 9.15 Å². The summed E-state index contributed by atoms with van der Waals surface area (Å²) >= 11 is 0. The number of hydrogen-bond donors (Lipinski definition) is 3. The standard InChI is InChI=1S/C18H24N2O4/c1-18(2,3)19-11-13(21)12-24-15-8-5-4-7-14(15)20-17(22)16-9-6-10-23-16/h4-10,13,19,21H,11-12H2,1-3H3,(H,20,22)/p+1/t13-/m1/s1. The summed E-state index contributed by atoms with van der Waals surface area (Å²) in [5, 5.41) is 14.8. The SMILES string of the molecule is CC(C)(C)[NH2+]C[C@@H](O)COc1ccccc1NC(=O)c1ccco1. The van der Waals surface area contributed by atoms with E-state index < -0.39 is 6.10 Å². The van der Waals surface area contributed by atoms with Crippen molar-refractivity contribution in [2.24, 2.45) is 0 Å². The zero-order chi connectivity index (χ0) is 17.6. The van der Waals surface area contributed by atoms with Gasteiger partial charge in [-0.1, -0.05) is 12.1 Å². The molecule has 0 radical (unpaired) electrons. The van der Waals surface area contributed by atoms with Crippen LogP contribution in [-0.4, -0.2) is 35.8 Å². The van der Waals surface area contributed by atoms with Crippen LogP contribution >= 0.6 is 0 Å². The van der Waals surface area contributed by atoms with Crippen LogP contribution in [0.5, 0.6) is 5.75 Å². The smallest absolute Gasteiger partial charge is 0.291 e. The monoisotopic (exact) mass is 333 g/mol. The van der Waals surface area contributed by atoms with E-state index in [2.05, 4.69) is 31.4 Å². The number of aliphatic hydroxyl groups is 1. The number of benzene rings is 1. The number of quaternary nitrogens is 1. The summed E-state index contributed by atoms with van der Waals surface area (Å²) in [5.74, 6) is 0.384. The Morgan fingerprint density at radius 2 is 2.04 bits per heavy atom. The highest BCUT2D eigenvalue weighted by molar-refractivity contribution is 6.03. The number of nitrogens with two attached hydrogens (primary N) is 1. The summed E-state index contributed by atoms with van der Waals surface area (Å²) in [7, 11) is 0. The van der Waals surface area contributed by atoms with Gasteiger partial charge < -0.3 is 24.9 Å². The van der Waals surface area contributed by atoms with Gasteiger partial charge in [-0.05, 0) is 45.0 Å². The molecule has 2 aromatic rings. The van der Waals surface area contributed by atoms with E-state index in [-0.39, 0.29) is 23.8 Å². The molecule has 1 amide bonds. The molecule has 0 aliphatic carbocycles. The number of hydrogen-bond acceptors (Lipinski definition) is 4. The molecule has 0 aliphatic heterocycles. The van der Waals surface area contributed by atoms with Gasteiger partial charge in [0.05, 0.1) is 17.5 Å². The van der Waals surface area contributed by atoms with E-state index >= 15 is 0 Å². The summed E-state index contributed by atoms with van der Waals surface area (Å²) in [6, 6.07) is 10.3. The normalized spacial score (nSPS) is 12.7. The molecule has 4 N–H and O–H groups in total. The second-order valence-electron chi connectivity index (χ2n) is 6.70. The maximum atomic E-state index is 12.1. The van der Waals surface area contributed by atoms with Crippen LogP contribution < -0.4 is 15.4 Å². The summed E-state index contributed by atoms with van der Waals surface area (Å²) in [5.41, 5.74) is 0.585. The third-order valence-electron chi connectivity index (χ3n) is 3.31. The molecule has 0 spiro atoms. The molecule has 130 valence electrons. The highest BCUT2D eigenvalue weighted by Crippen LogP contribution is 2.24. The zero-order valence-electron chi connectivity index (χ0n) is 14.3. The average Bonchev–Trinajstić information content (AvgIpc) is 3.06. The Morgan fingerprint density at radius 3 is 2.71 bits per heavy atom. The fourth-order valence-corrected chi connectivity index (χ4v) is 2.03. The Bertz CT molecular complexity index is 647. The average molecular weight is 333 g/mol. The third-order valence-corrected chi connectivity index (χ3v) is 3.31. The fraction of sp³-hybridized carbons (Fsp3) is 0.389. The molecule has 1 aromatic carbocycles. The largest absolute Gasteiger partial charge is 0.488 e. The van der Waals surface area contributed by atoms with Gasteiger partial charge >= 0.3 is 0 Å². The fourth-order valence-electron chi connectivity index (χ4n) is 2.03. The molecule has 1 heterocycles. The highest BCUT2D eigenvalue weighted by atomic mass is 16.5. The third kappa shape index (κ3) is 5.72. The lowest BCUT2D eigenvalue weighted by Gasteiger charge is -2.20. The Hall–Kier alpha value is -2.31. The first-order valence-corrected chi connectivity index (χ1v) is 7.94. The maximum Gasteiger partial charge on any atom is 0.291 e. The van der Waals surface area contributed by atoms with E-state index in [1.165, 1.54) is 6.26 Å². The molecule has 1 atom stereocenters. The van der Waals surface area contributed by atoms with Crippen LogP contribution in [0.4, 0.5) is 5.69 Å². The molecule has 0 unspecified atom stereocenters. The molecule has 24 heavy (non-hydrogen) atoms. The number of carbonyl (C=O) groups excluding carboxylic acids is 1. The van der Waals surface area contributed by atoms with Gasteiger partial charge in [0.2, 0.25) is 0 Å². The Balaban J connectivity index is 1.92. The predicted octanol–water partition coefficient (Wildman–Crippen LogP) is 1.63. The number of amides is 1. The number of aliphatic hydroxyl groups excluding tert-OH is 1.